The fraction of sp³-hybridized carbons (Fsp3) is 0.316. The Labute approximate surface area is 288 Å². The second-order valence-electron chi connectivity index (χ2n) is 13.1. The quantitative estimate of drug-likeness (QED) is 0.162. The predicted octanol–water partition coefficient (Wildman–Crippen LogP) is 4.93. The number of unbranched alkanes of at least 4 members (excludes halogenated alkanes) is 1. The highest BCUT2D eigenvalue weighted by atomic mass is 16.1. The van der Waals surface area contributed by atoms with Crippen molar-refractivity contribution in [2.24, 2.45) is 0 Å². The lowest BCUT2D eigenvalue weighted by atomic mass is 10.1. The van der Waals surface area contributed by atoms with E-state index in [0.29, 0.717) is 21.5 Å². The Kier molecular flexibility index (Phi) is 8.55. The Balaban J connectivity index is 0.000000149. The summed E-state index contributed by atoms with van der Waals surface area (Å²) in [6.07, 6.45) is 3.23. The molecule has 0 amide bonds. The summed E-state index contributed by atoms with van der Waals surface area (Å²) in [6.45, 7) is 9.46. The molecule has 0 unspecified atom stereocenters. The maximum atomic E-state index is 13.2. The zero-order valence-electron chi connectivity index (χ0n) is 28.4. The van der Waals surface area contributed by atoms with Gasteiger partial charge >= 0.3 is 0 Å². The number of nitrogens with one attached hydrogen (secondary N) is 2. The third-order valence-electron chi connectivity index (χ3n) is 9.84. The van der Waals surface area contributed by atoms with Crippen LogP contribution in [0.15, 0.2) is 82.4 Å². The van der Waals surface area contributed by atoms with Gasteiger partial charge in [-0.2, -0.15) is 0 Å². The minimum absolute atomic E-state index is 0.0370. The number of likely N-dealkylation sites (N-methyl/N-ethyl adjacent to an activating group) is 1. The number of nitrogens with zero attached hydrogens (tertiary/aromatic N) is 8. The van der Waals surface area contributed by atoms with Crippen molar-refractivity contribution in [3.8, 4) is 0 Å². The Bertz CT molecular complexity index is 2560. The molecule has 0 aliphatic carbocycles. The molecule has 4 aromatic carbocycles. The van der Waals surface area contributed by atoms with Crippen molar-refractivity contribution in [2.45, 2.75) is 26.2 Å². The van der Waals surface area contributed by atoms with Crippen LogP contribution in [0.3, 0.4) is 0 Å². The molecule has 254 valence electrons. The molecule has 9 rings (SSSR count). The van der Waals surface area contributed by atoms with Crippen molar-refractivity contribution in [3.63, 3.8) is 0 Å². The second kappa shape index (κ2) is 13.4. The fourth-order valence-corrected chi connectivity index (χ4v) is 7.08. The van der Waals surface area contributed by atoms with E-state index in [2.05, 4.69) is 55.0 Å². The van der Waals surface area contributed by atoms with E-state index in [-0.39, 0.29) is 10.9 Å². The SMILES string of the molecule is CCCCNc1ccc2nnn3c4ccccc4c(=O)c1c23.CN1CCN(CCCNc2ccc3nnn4c5ccccc5c(=O)c2c34)CC1. The van der Waals surface area contributed by atoms with Crippen LogP contribution in [-0.2, 0) is 0 Å². The van der Waals surface area contributed by atoms with Gasteiger partial charge in [0.25, 0.3) is 0 Å². The number of pyridine rings is 2. The van der Waals surface area contributed by atoms with Gasteiger partial charge in [0.15, 0.2) is 10.9 Å². The van der Waals surface area contributed by atoms with Crippen molar-refractivity contribution in [1.82, 2.24) is 39.5 Å². The van der Waals surface area contributed by atoms with E-state index in [0.717, 1.165) is 110 Å². The highest BCUT2D eigenvalue weighted by molar-refractivity contribution is 6.07. The molecule has 1 saturated heterocycles. The van der Waals surface area contributed by atoms with Crippen LogP contribution in [0.2, 0.25) is 0 Å². The fourth-order valence-electron chi connectivity index (χ4n) is 7.08. The van der Waals surface area contributed by atoms with Crippen LogP contribution in [0, 0.1) is 0 Å². The van der Waals surface area contributed by atoms with Crippen molar-refractivity contribution in [1.29, 1.82) is 0 Å². The summed E-state index contributed by atoms with van der Waals surface area (Å²) in [4.78, 5) is 31.0. The third-order valence-corrected chi connectivity index (χ3v) is 9.84. The molecule has 4 aromatic heterocycles. The lowest BCUT2D eigenvalue weighted by molar-refractivity contribution is 0.154. The van der Waals surface area contributed by atoms with Gasteiger partial charge in [-0.25, -0.2) is 9.03 Å². The van der Waals surface area contributed by atoms with Gasteiger partial charge in [-0.05, 0) is 75.0 Å². The molecule has 2 N–H and O–H groups in total. The monoisotopic (exact) mass is 668 g/mol. The molecule has 0 bridgehead atoms. The predicted molar refractivity (Wildman–Crippen MR) is 201 cm³/mol. The van der Waals surface area contributed by atoms with E-state index in [1.54, 1.807) is 9.03 Å². The molecule has 12 nitrogen and oxygen atoms in total. The number of hydrogen-bond donors (Lipinski definition) is 2. The maximum Gasteiger partial charge on any atom is 0.199 e. The summed E-state index contributed by atoms with van der Waals surface area (Å²) in [7, 11) is 2.18. The summed E-state index contributed by atoms with van der Waals surface area (Å²) in [5.41, 5.74) is 6.51. The molecular formula is C38H40N10O2. The van der Waals surface area contributed by atoms with E-state index in [1.165, 1.54) is 0 Å². The molecule has 0 atom stereocenters. The van der Waals surface area contributed by atoms with Gasteiger partial charge in [0, 0.05) is 61.4 Å². The average Bonchev–Trinajstić information content (AvgIpc) is 3.79. The molecule has 1 fully saturated rings. The Morgan fingerprint density at radius 2 is 1.14 bits per heavy atom. The van der Waals surface area contributed by atoms with E-state index in [9.17, 15) is 9.59 Å². The van der Waals surface area contributed by atoms with Gasteiger partial charge < -0.3 is 20.4 Å². The van der Waals surface area contributed by atoms with Gasteiger partial charge in [-0.3, -0.25) is 9.59 Å². The minimum atomic E-state index is 0.0370. The van der Waals surface area contributed by atoms with Crippen molar-refractivity contribution < 1.29 is 0 Å². The molecular weight excluding hydrogens is 628 g/mol. The molecule has 0 saturated carbocycles. The Morgan fingerprint density at radius 3 is 1.66 bits per heavy atom. The van der Waals surface area contributed by atoms with Gasteiger partial charge in [0.2, 0.25) is 0 Å². The number of piperazine rings is 1. The molecule has 8 aromatic rings. The van der Waals surface area contributed by atoms with Crippen molar-refractivity contribution in [2.75, 3.05) is 63.5 Å². The first kappa shape index (κ1) is 31.8. The molecule has 1 aliphatic heterocycles. The van der Waals surface area contributed by atoms with Crippen LogP contribution in [0.25, 0.3) is 54.6 Å². The highest BCUT2D eigenvalue weighted by Crippen LogP contribution is 2.29. The number of anilines is 2. The first-order chi connectivity index (χ1) is 24.5. The maximum absolute atomic E-state index is 13.2. The van der Waals surface area contributed by atoms with Crippen molar-refractivity contribution in [3.05, 3.63) is 93.2 Å². The van der Waals surface area contributed by atoms with Crippen LogP contribution in [0.1, 0.15) is 26.2 Å². The zero-order valence-corrected chi connectivity index (χ0v) is 28.4. The number of fused-ring (bicyclic) bond motifs is 4. The molecule has 12 heteroatoms. The molecule has 0 spiro atoms. The number of hydrogen-bond acceptors (Lipinski definition) is 10. The summed E-state index contributed by atoms with van der Waals surface area (Å²) in [5, 5.41) is 26.5. The van der Waals surface area contributed by atoms with Crippen LogP contribution >= 0.6 is 0 Å². The van der Waals surface area contributed by atoms with E-state index < -0.39 is 0 Å². The lowest BCUT2D eigenvalue weighted by Gasteiger charge is -2.32. The van der Waals surface area contributed by atoms with E-state index in [4.69, 9.17) is 0 Å². The molecule has 1 aliphatic rings. The largest absolute Gasteiger partial charge is 0.384 e. The first-order valence-corrected chi connectivity index (χ1v) is 17.5. The van der Waals surface area contributed by atoms with Gasteiger partial charge in [0.05, 0.1) is 21.8 Å². The first-order valence-electron chi connectivity index (χ1n) is 17.5. The van der Waals surface area contributed by atoms with Gasteiger partial charge in [-0.1, -0.05) is 48.0 Å². The van der Waals surface area contributed by atoms with Crippen LogP contribution in [0.5, 0.6) is 0 Å². The van der Waals surface area contributed by atoms with Gasteiger partial charge in [0.1, 0.15) is 22.1 Å². The normalized spacial score (nSPS) is 14.4. The van der Waals surface area contributed by atoms with Crippen molar-refractivity contribution >= 4 is 66.0 Å². The number of para-hydroxylation sites is 2. The summed E-state index contributed by atoms with van der Waals surface area (Å²) in [5.74, 6) is 0. The van der Waals surface area contributed by atoms with Crippen LogP contribution in [0.4, 0.5) is 11.4 Å². The molecule has 50 heavy (non-hydrogen) atoms. The number of rotatable bonds is 9. The molecule has 5 heterocycles. The number of aromatic nitrogens is 6. The Hall–Kier alpha value is -5.46. The van der Waals surface area contributed by atoms with E-state index >= 15 is 0 Å². The minimum Gasteiger partial charge on any atom is -0.384 e. The second-order valence-corrected chi connectivity index (χ2v) is 13.1. The van der Waals surface area contributed by atoms with Crippen LogP contribution in [-0.4, -0.2) is 92.3 Å². The van der Waals surface area contributed by atoms with Crippen LogP contribution < -0.4 is 21.5 Å². The molecule has 0 radical (unpaired) electrons. The topological polar surface area (TPSA) is 125 Å². The van der Waals surface area contributed by atoms with Gasteiger partial charge in [-0.15, -0.1) is 10.2 Å². The zero-order chi connectivity index (χ0) is 34.2. The lowest BCUT2D eigenvalue weighted by Crippen LogP contribution is -2.44. The summed E-state index contributed by atoms with van der Waals surface area (Å²) in [6, 6.07) is 22.9. The Morgan fingerprint density at radius 1 is 0.640 bits per heavy atom. The smallest absolute Gasteiger partial charge is 0.199 e. The number of benzene rings is 4. The average molecular weight is 669 g/mol. The standard InChI is InChI=1S/C21H24N6O.C17H16N4O/c1-25-11-13-26(14-12-25)10-4-9-22-16-7-8-17-20-19(16)21(28)15-5-2-3-6-18(15)27(20)24-23-17;1-2-3-10-18-12-8-9-13-16-15(12)17(22)11-6-4-5-7-14(11)21(16)20-19-13/h2-3,5-8,22H,4,9-14H2,1H3;4-9,18H,2-3,10H2,1H3. The summed E-state index contributed by atoms with van der Waals surface area (Å²) >= 11 is 0. The highest BCUT2D eigenvalue weighted by Gasteiger charge is 2.19. The third kappa shape index (κ3) is 5.60. The summed E-state index contributed by atoms with van der Waals surface area (Å²) < 4.78 is 3.56. The van der Waals surface area contributed by atoms with E-state index in [1.807, 2.05) is 72.8 Å².